The number of hydrogen-bond acceptors (Lipinski definition) is 7. The molecule has 2 aromatic rings. The van der Waals surface area contributed by atoms with Crippen LogP contribution in [-0.4, -0.2) is 53.9 Å². The lowest BCUT2D eigenvalue weighted by molar-refractivity contribution is 0.00578. The SMILES string of the molecule is COc1cc(B2OC(C)(C)C(C)(C)O2)cc(OC)c1-c1n[nH]nc1C(N)=O. The number of nitrogens with two attached hydrogens (primary N) is 1. The van der Waals surface area contributed by atoms with E-state index in [0.29, 0.717) is 17.1 Å². The molecule has 1 aliphatic rings. The third kappa shape index (κ3) is 3.15. The first-order valence-electron chi connectivity index (χ1n) is 8.43. The zero-order chi connectivity index (χ0) is 20.0. The number of aromatic amines is 1. The number of amides is 1. The molecule has 1 aliphatic heterocycles. The molecule has 10 heteroatoms. The zero-order valence-corrected chi connectivity index (χ0v) is 16.2. The summed E-state index contributed by atoms with van der Waals surface area (Å²) in [7, 11) is 2.42. The first kappa shape index (κ1) is 19.2. The molecule has 1 amide bonds. The number of carbonyl (C=O) groups excluding carboxylic acids is 1. The minimum absolute atomic E-state index is 0.00465. The van der Waals surface area contributed by atoms with Crippen molar-refractivity contribution in [2.45, 2.75) is 38.9 Å². The van der Waals surface area contributed by atoms with Crippen LogP contribution in [0.15, 0.2) is 12.1 Å². The Morgan fingerprint density at radius 1 is 1.07 bits per heavy atom. The number of primary amides is 1. The number of ether oxygens (including phenoxy) is 2. The molecule has 1 aromatic carbocycles. The molecule has 3 rings (SSSR count). The lowest BCUT2D eigenvalue weighted by Crippen LogP contribution is -2.41. The largest absolute Gasteiger partial charge is 0.496 e. The molecule has 0 saturated carbocycles. The van der Waals surface area contributed by atoms with Crippen LogP contribution >= 0.6 is 0 Å². The fourth-order valence-electron chi connectivity index (χ4n) is 2.86. The molecular formula is C17H23BN4O5. The highest BCUT2D eigenvalue weighted by atomic mass is 16.7. The van der Waals surface area contributed by atoms with Crippen molar-refractivity contribution in [2.24, 2.45) is 5.73 Å². The molecule has 1 saturated heterocycles. The predicted molar refractivity (Wildman–Crippen MR) is 99.2 cm³/mol. The number of benzene rings is 1. The lowest BCUT2D eigenvalue weighted by Gasteiger charge is -2.32. The molecule has 0 unspecified atom stereocenters. The molecule has 0 radical (unpaired) electrons. The van der Waals surface area contributed by atoms with Gasteiger partial charge in [-0.2, -0.15) is 15.4 Å². The highest BCUT2D eigenvalue weighted by molar-refractivity contribution is 6.62. The molecule has 0 aliphatic carbocycles. The summed E-state index contributed by atoms with van der Waals surface area (Å²) in [4.78, 5) is 11.7. The van der Waals surface area contributed by atoms with Gasteiger partial charge in [0.05, 0.1) is 31.0 Å². The quantitative estimate of drug-likeness (QED) is 0.746. The van der Waals surface area contributed by atoms with Gasteiger partial charge in [-0.05, 0) is 45.3 Å². The standard InChI is InChI=1S/C17H23BN4O5/c1-16(2)17(3,4)27-18(26-16)9-7-10(24-5)12(11(8-9)25-6)13-14(15(19)23)21-22-20-13/h7-8H,1-6H3,(H2,19,23)(H,20,21,22). The number of rotatable bonds is 5. The van der Waals surface area contributed by atoms with Crippen LogP contribution in [0.25, 0.3) is 11.3 Å². The van der Waals surface area contributed by atoms with Crippen molar-refractivity contribution >= 4 is 18.5 Å². The van der Waals surface area contributed by atoms with E-state index in [-0.39, 0.29) is 11.4 Å². The Labute approximate surface area is 157 Å². The van der Waals surface area contributed by atoms with Crippen LogP contribution in [0.4, 0.5) is 0 Å². The van der Waals surface area contributed by atoms with Gasteiger partial charge in [-0.15, -0.1) is 0 Å². The molecule has 9 nitrogen and oxygen atoms in total. The van der Waals surface area contributed by atoms with Crippen molar-refractivity contribution in [2.75, 3.05) is 14.2 Å². The van der Waals surface area contributed by atoms with Crippen LogP contribution in [-0.2, 0) is 9.31 Å². The van der Waals surface area contributed by atoms with Gasteiger partial charge < -0.3 is 24.5 Å². The monoisotopic (exact) mass is 374 g/mol. The topological polar surface area (TPSA) is 122 Å². The fourth-order valence-corrected chi connectivity index (χ4v) is 2.86. The molecule has 3 N–H and O–H groups in total. The highest BCUT2D eigenvalue weighted by Gasteiger charge is 2.52. The van der Waals surface area contributed by atoms with E-state index in [4.69, 9.17) is 24.5 Å². The number of nitrogens with one attached hydrogen (secondary N) is 1. The highest BCUT2D eigenvalue weighted by Crippen LogP contribution is 2.40. The van der Waals surface area contributed by atoms with Gasteiger partial charge in [-0.25, -0.2) is 0 Å². The molecule has 0 spiro atoms. The Bertz CT molecular complexity index is 839. The van der Waals surface area contributed by atoms with Crippen LogP contribution in [0, 0.1) is 0 Å². The maximum absolute atomic E-state index is 11.7. The molecule has 27 heavy (non-hydrogen) atoms. The Morgan fingerprint density at radius 2 is 1.59 bits per heavy atom. The second-order valence-electron chi connectivity index (χ2n) is 7.27. The molecule has 1 aromatic heterocycles. The fraction of sp³-hybridized carbons (Fsp3) is 0.471. The van der Waals surface area contributed by atoms with Crippen LogP contribution < -0.4 is 20.7 Å². The minimum atomic E-state index is -0.710. The summed E-state index contributed by atoms with van der Waals surface area (Å²) in [5.74, 6) is 0.142. The van der Waals surface area contributed by atoms with Gasteiger partial charge in [0.25, 0.3) is 5.91 Å². The van der Waals surface area contributed by atoms with Gasteiger partial charge in [0.1, 0.15) is 17.2 Å². The number of hydrogen-bond donors (Lipinski definition) is 2. The summed E-state index contributed by atoms with van der Waals surface area (Å²) < 4.78 is 23.3. The Hall–Kier alpha value is -2.59. The van der Waals surface area contributed by atoms with Crippen LogP contribution in [0.2, 0.25) is 0 Å². The molecule has 0 atom stereocenters. The van der Waals surface area contributed by atoms with Gasteiger partial charge in [0, 0.05) is 0 Å². The van der Waals surface area contributed by atoms with Crippen molar-refractivity contribution < 1.29 is 23.6 Å². The summed E-state index contributed by atoms with van der Waals surface area (Å²) in [6, 6.07) is 3.53. The smallest absolute Gasteiger partial charge is 0.495 e. The molecule has 144 valence electrons. The van der Waals surface area contributed by atoms with E-state index >= 15 is 0 Å². The third-order valence-electron chi connectivity index (χ3n) is 5.07. The Balaban J connectivity index is 2.12. The van der Waals surface area contributed by atoms with E-state index in [1.165, 1.54) is 14.2 Å². The van der Waals surface area contributed by atoms with Gasteiger partial charge in [-0.3, -0.25) is 4.79 Å². The normalized spacial score (nSPS) is 17.8. The van der Waals surface area contributed by atoms with Crippen molar-refractivity contribution in [3.05, 3.63) is 17.8 Å². The third-order valence-corrected chi connectivity index (χ3v) is 5.07. The van der Waals surface area contributed by atoms with Crippen LogP contribution in [0.5, 0.6) is 11.5 Å². The maximum Gasteiger partial charge on any atom is 0.495 e. The summed E-state index contributed by atoms with van der Waals surface area (Å²) in [6.45, 7) is 7.91. The second kappa shape index (κ2) is 6.54. The van der Waals surface area contributed by atoms with E-state index in [1.807, 2.05) is 27.7 Å². The summed E-state index contributed by atoms with van der Waals surface area (Å²) in [5, 5.41) is 10.3. The van der Waals surface area contributed by atoms with Gasteiger partial charge >= 0.3 is 7.12 Å². The van der Waals surface area contributed by atoms with Crippen molar-refractivity contribution in [3.8, 4) is 22.8 Å². The van der Waals surface area contributed by atoms with Gasteiger partial charge in [-0.1, -0.05) is 0 Å². The number of aromatic nitrogens is 3. The second-order valence-corrected chi connectivity index (χ2v) is 7.27. The first-order valence-corrected chi connectivity index (χ1v) is 8.43. The number of methoxy groups -OCH3 is 2. The Kier molecular flexibility index (Phi) is 4.65. The molecular weight excluding hydrogens is 351 g/mol. The summed E-state index contributed by atoms with van der Waals surface area (Å²) >= 11 is 0. The number of nitrogens with zero attached hydrogens (tertiary/aromatic N) is 2. The zero-order valence-electron chi connectivity index (χ0n) is 16.2. The Morgan fingerprint density at radius 3 is 2.04 bits per heavy atom. The lowest BCUT2D eigenvalue weighted by atomic mass is 9.78. The van der Waals surface area contributed by atoms with Crippen molar-refractivity contribution in [1.82, 2.24) is 15.4 Å². The maximum atomic E-state index is 11.7. The average Bonchev–Trinajstić information content (AvgIpc) is 3.16. The predicted octanol–water partition coefficient (Wildman–Crippen LogP) is 0.887. The molecule has 0 bridgehead atoms. The van der Waals surface area contributed by atoms with E-state index in [0.717, 1.165) is 5.46 Å². The summed E-state index contributed by atoms with van der Waals surface area (Å²) in [5.41, 5.74) is 5.84. The van der Waals surface area contributed by atoms with E-state index in [9.17, 15) is 4.79 Å². The van der Waals surface area contributed by atoms with Crippen LogP contribution in [0.3, 0.4) is 0 Å². The van der Waals surface area contributed by atoms with Crippen molar-refractivity contribution in [3.63, 3.8) is 0 Å². The summed E-state index contributed by atoms with van der Waals surface area (Å²) in [6.07, 6.45) is 0. The van der Waals surface area contributed by atoms with E-state index < -0.39 is 24.2 Å². The van der Waals surface area contributed by atoms with Crippen molar-refractivity contribution in [1.29, 1.82) is 0 Å². The molecule has 1 fully saturated rings. The van der Waals surface area contributed by atoms with E-state index in [2.05, 4.69) is 15.4 Å². The molecule has 2 heterocycles. The average molecular weight is 374 g/mol. The van der Waals surface area contributed by atoms with E-state index in [1.54, 1.807) is 12.1 Å². The minimum Gasteiger partial charge on any atom is -0.496 e. The van der Waals surface area contributed by atoms with Gasteiger partial charge in [0.15, 0.2) is 5.69 Å². The van der Waals surface area contributed by atoms with Gasteiger partial charge in [0.2, 0.25) is 0 Å². The first-order chi connectivity index (χ1) is 12.6. The van der Waals surface area contributed by atoms with Crippen LogP contribution in [0.1, 0.15) is 38.2 Å². The number of H-pyrrole nitrogens is 1. The number of carbonyl (C=O) groups is 1.